The Morgan fingerprint density at radius 3 is 2.18 bits per heavy atom. The number of benzene rings is 2. The predicted octanol–water partition coefficient (Wildman–Crippen LogP) is 6.13. The molecule has 0 nitrogen and oxygen atoms in total. The first-order valence-corrected chi connectivity index (χ1v) is 8.54. The van der Waals surface area contributed by atoms with Crippen LogP contribution in [0.4, 0.5) is 0 Å². The highest BCUT2D eigenvalue weighted by atomic mass is 14.5. The Labute approximate surface area is 135 Å². The molecule has 0 N–H and O–H groups in total. The lowest BCUT2D eigenvalue weighted by atomic mass is 9.55. The lowest BCUT2D eigenvalue weighted by Gasteiger charge is -2.48. The maximum atomic E-state index is 2.44. The van der Waals surface area contributed by atoms with Crippen LogP contribution in [0, 0.1) is 18.3 Å². The van der Waals surface area contributed by atoms with E-state index in [1.54, 1.807) is 0 Å². The van der Waals surface area contributed by atoms with Crippen molar-refractivity contribution in [3.05, 3.63) is 71.3 Å². The molecule has 0 amide bonds. The minimum Gasteiger partial charge on any atom is -0.0624 e. The average molecular weight is 292 g/mol. The van der Waals surface area contributed by atoms with E-state index in [0.717, 1.165) is 5.92 Å². The van der Waals surface area contributed by atoms with Crippen molar-refractivity contribution in [3.63, 3.8) is 0 Å². The Balaban J connectivity index is 2.18. The Morgan fingerprint density at radius 2 is 1.55 bits per heavy atom. The van der Waals surface area contributed by atoms with Crippen LogP contribution in [0.15, 0.2) is 54.6 Å². The number of hydrogen-bond acceptors (Lipinski definition) is 0. The Morgan fingerprint density at radius 1 is 0.864 bits per heavy atom. The summed E-state index contributed by atoms with van der Waals surface area (Å²) in [5, 5.41) is 0. The zero-order valence-electron chi connectivity index (χ0n) is 14.4. The second-order valence-corrected chi connectivity index (χ2v) is 8.17. The van der Waals surface area contributed by atoms with Gasteiger partial charge in [0.15, 0.2) is 0 Å². The molecule has 0 heterocycles. The van der Waals surface area contributed by atoms with Gasteiger partial charge in [-0.05, 0) is 48.6 Å². The fourth-order valence-corrected chi connectivity index (χ4v) is 4.88. The van der Waals surface area contributed by atoms with Crippen LogP contribution in [0.1, 0.15) is 56.7 Å². The largest absolute Gasteiger partial charge is 0.0624 e. The Kier molecular flexibility index (Phi) is 3.89. The van der Waals surface area contributed by atoms with E-state index in [9.17, 15) is 0 Å². The van der Waals surface area contributed by atoms with Crippen LogP contribution < -0.4 is 0 Å². The molecule has 0 bridgehead atoms. The van der Waals surface area contributed by atoms with Crippen LogP contribution in [0.2, 0.25) is 0 Å². The highest BCUT2D eigenvalue weighted by Gasteiger charge is 2.44. The highest BCUT2D eigenvalue weighted by molar-refractivity contribution is 5.42. The van der Waals surface area contributed by atoms with Crippen molar-refractivity contribution in [2.24, 2.45) is 11.3 Å². The third kappa shape index (κ3) is 2.84. The van der Waals surface area contributed by atoms with E-state index in [1.807, 2.05) is 0 Å². The molecule has 1 saturated carbocycles. The third-order valence-electron chi connectivity index (χ3n) is 5.28. The summed E-state index contributed by atoms with van der Waals surface area (Å²) in [5.41, 5.74) is 4.90. The Hall–Kier alpha value is -1.56. The first kappa shape index (κ1) is 15.3. The van der Waals surface area contributed by atoms with E-state index >= 15 is 0 Å². The molecule has 0 spiro atoms. The van der Waals surface area contributed by atoms with Crippen molar-refractivity contribution in [3.8, 4) is 0 Å². The second-order valence-electron chi connectivity index (χ2n) is 8.17. The molecule has 0 radical (unpaired) electrons. The lowest BCUT2D eigenvalue weighted by Crippen LogP contribution is -2.41. The molecular formula is C22H28. The molecular weight excluding hydrogens is 264 g/mol. The maximum Gasteiger partial charge on any atom is 0.0210 e. The van der Waals surface area contributed by atoms with Gasteiger partial charge in [0.1, 0.15) is 0 Å². The molecule has 1 aliphatic carbocycles. The van der Waals surface area contributed by atoms with Crippen molar-refractivity contribution < 1.29 is 0 Å². The van der Waals surface area contributed by atoms with Crippen molar-refractivity contribution in [2.75, 3.05) is 0 Å². The molecule has 1 aliphatic rings. The topological polar surface area (TPSA) is 0 Å². The van der Waals surface area contributed by atoms with E-state index in [-0.39, 0.29) is 5.41 Å². The summed E-state index contributed by atoms with van der Waals surface area (Å²) in [7, 11) is 0. The van der Waals surface area contributed by atoms with E-state index < -0.39 is 0 Å². The summed E-state index contributed by atoms with van der Waals surface area (Å²) in [5.74, 6) is 0.754. The number of rotatable bonds is 2. The third-order valence-corrected chi connectivity index (χ3v) is 5.28. The van der Waals surface area contributed by atoms with E-state index in [1.165, 1.54) is 36.0 Å². The van der Waals surface area contributed by atoms with Crippen LogP contribution in [0.25, 0.3) is 0 Å². The summed E-state index contributed by atoms with van der Waals surface area (Å²) in [6.45, 7) is 9.51. The standard InChI is InChI=1S/C22H28/c1-17-9-8-12-20(13-17)22(19-10-6-5-7-11-19)15-18(2)14-21(3,4)16-22/h5-13,18H,14-16H2,1-4H3. The number of aryl methyl sites for hydroxylation is 1. The molecule has 2 unspecified atom stereocenters. The van der Waals surface area contributed by atoms with Crippen molar-refractivity contribution in [1.82, 2.24) is 0 Å². The van der Waals surface area contributed by atoms with E-state index in [2.05, 4.69) is 82.3 Å². The summed E-state index contributed by atoms with van der Waals surface area (Å²) in [6.07, 6.45) is 3.81. The van der Waals surface area contributed by atoms with Gasteiger partial charge in [0, 0.05) is 5.41 Å². The fraction of sp³-hybridized carbons (Fsp3) is 0.455. The molecule has 22 heavy (non-hydrogen) atoms. The molecule has 2 aromatic rings. The van der Waals surface area contributed by atoms with E-state index in [4.69, 9.17) is 0 Å². The maximum absolute atomic E-state index is 2.44. The van der Waals surface area contributed by atoms with Gasteiger partial charge in [-0.15, -0.1) is 0 Å². The zero-order chi connectivity index (χ0) is 15.8. The molecule has 0 aliphatic heterocycles. The molecule has 116 valence electrons. The summed E-state index contributed by atoms with van der Waals surface area (Å²) in [6, 6.07) is 20.4. The molecule has 3 rings (SSSR count). The van der Waals surface area contributed by atoms with Gasteiger partial charge in [0.05, 0.1) is 0 Å². The SMILES string of the molecule is Cc1cccc(C2(c3ccccc3)CC(C)CC(C)(C)C2)c1. The first-order valence-electron chi connectivity index (χ1n) is 8.54. The molecule has 2 aromatic carbocycles. The highest BCUT2D eigenvalue weighted by Crippen LogP contribution is 2.53. The van der Waals surface area contributed by atoms with Crippen LogP contribution in [0.5, 0.6) is 0 Å². The molecule has 1 fully saturated rings. The second kappa shape index (κ2) is 5.57. The van der Waals surface area contributed by atoms with Crippen LogP contribution in [-0.4, -0.2) is 0 Å². The zero-order valence-corrected chi connectivity index (χ0v) is 14.4. The average Bonchev–Trinajstić information content (AvgIpc) is 2.46. The monoisotopic (exact) mass is 292 g/mol. The van der Waals surface area contributed by atoms with Gasteiger partial charge in [-0.3, -0.25) is 0 Å². The van der Waals surface area contributed by atoms with Gasteiger partial charge in [-0.25, -0.2) is 0 Å². The van der Waals surface area contributed by atoms with Crippen LogP contribution in [-0.2, 0) is 5.41 Å². The molecule has 2 atom stereocenters. The van der Waals surface area contributed by atoms with Crippen molar-refractivity contribution in [2.45, 2.75) is 52.4 Å². The van der Waals surface area contributed by atoms with Gasteiger partial charge < -0.3 is 0 Å². The van der Waals surface area contributed by atoms with Crippen molar-refractivity contribution in [1.29, 1.82) is 0 Å². The number of hydrogen-bond donors (Lipinski definition) is 0. The molecule has 0 aromatic heterocycles. The van der Waals surface area contributed by atoms with Gasteiger partial charge in [0.2, 0.25) is 0 Å². The fourth-order valence-electron chi connectivity index (χ4n) is 4.88. The van der Waals surface area contributed by atoms with E-state index in [0.29, 0.717) is 5.41 Å². The van der Waals surface area contributed by atoms with Crippen LogP contribution in [0.3, 0.4) is 0 Å². The van der Waals surface area contributed by atoms with Gasteiger partial charge >= 0.3 is 0 Å². The van der Waals surface area contributed by atoms with Gasteiger partial charge in [-0.2, -0.15) is 0 Å². The Bertz CT molecular complexity index is 638. The lowest BCUT2D eigenvalue weighted by molar-refractivity contribution is 0.127. The van der Waals surface area contributed by atoms with Gasteiger partial charge in [0.25, 0.3) is 0 Å². The van der Waals surface area contributed by atoms with Crippen molar-refractivity contribution >= 4 is 0 Å². The predicted molar refractivity (Wildman–Crippen MR) is 95.2 cm³/mol. The minimum atomic E-state index is 0.161. The summed E-state index contributed by atoms with van der Waals surface area (Å²) < 4.78 is 0. The summed E-state index contributed by atoms with van der Waals surface area (Å²) >= 11 is 0. The summed E-state index contributed by atoms with van der Waals surface area (Å²) in [4.78, 5) is 0. The van der Waals surface area contributed by atoms with Gasteiger partial charge in [-0.1, -0.05) is 80.9 Å². The quantitative estimate of drug-likeness (QED) is 0.625. The molecule has 0 saturated heterocycles. The van der Waals surface area contributed by atoms with Crippen LogP contribution >= 0.6 is 0 Å². The smallest absolute Gasteiger partial charge is 0.0210 e. The first-order chi connectivity index (χ1) is 10.4. The normalized spacial score (nSPS) is 27.5. The molecule has 0 heteroatoms. The minimum absolute atomic E-state index is 0.161.